The van der Waals surface area contributed by atoms with E-state index < -0.39 is 11.4 Å². The van der Waals surface area contributed by atoms with Gasteiger partial charge in [-0.2, -0.15) is 9.97 Å². The van der Waals surface area contributed by atoms with Crippen molar-refractivity contribution in [1.82, 2.24) is 19.8 Å². The molecule has 4 aliphatic heterocycles. The van der Waals surface area contributed by atoms with E-state index in [0.29, 0.717) is 30.9 Å². The monoisotopic (exact) mass is 633 g/mol. The van der Waals surface area contributed by atoms with Crippen LogP contribution < -0.4 is 9.64 Å². The van der Waals surface area contributed by atoms with Crippen LogP contribution in [0.4, 0.5) is 15.0 Å². The Morgan fingerprint density at radius 3 is 2.40 bits per heavy atom. The molecule has 0 spiro atoms. The minimum atomic E-state index is -0.573. The highest BCUT2D eigenvalue weighted by Gasteiger charge is 2.48. The van der Waals surface area contributed by atoms with E-state index in [0.717, 1.165) is 38.8 Å². The molecule has 0 unspecified atom stereocenters. The summed E-state index contributed by atoms with van der Waals surface area (Å²) in [6, 6.07) is 1.72. The molecule has 1 aromatic heterocycles. The van der Waals surface area contributed by atoms with E-state index >= 15 is 4.39 Å². The van der Waals surface area contributed by atoms with Gasteiger partial charge in [0.25, 0.3) is 0 Å². The summed E-state index contributed by atoms with van der Waals surface area (Å²) in [6.07, 6.45) is 3.06. The molecule has 5 heterocycles. The normalized spacial score (nSPS) is 24.2. The Hall–Kier alpha value is -2.43. The summed E-state index contributed by atoms with van der Waals surface area (Å²) in [6.45, 7) is 17.1. The fourth-order valence-corrected chi connectivity index (χ4v) is 7.28. The number of carbonyl (C=O) groups is 1. The largest absolute Gasteiger partial charge is 0.461 e. The van der Waals surface area contributed by atoms with Gasteiger partial charge in [0.1, 0.15) is 23.5 Å². The highest BCUT2D eigenvalue weighted by molar-refractivity contribution is 9.10. The molecule has 0 radical (unpaired) electrons. The lowest BCUT2D eigenvalue weighted by Gasteiger charge is -2.42. The number of benzene rings is 1. The van der Waals surface area contributed by atoms with Crippen LogP contribution in [0.25, 0.3) is 10.9 Å². The van der Waals surface area contributed by atoms with Gasteiger partial charge in [0, 0.05) is 31.6 Å². The van der Waals surface area contributed by atoms with Crippen LogP contribution in [-0.4, -0.2) is 81.9 Å². The van der Waals surface area contributed by atoms with Crippen LogP contribution in [-0.2, 0) is 4.74 Å². The van der Waals surface area contributed by atoms with Gasteiger partial charge < -0.3 is 14.4 Å². The van der Waals surface area contributed by atoms with Crippen LogP contribution in [0.3, 0.4) is 0 Å². The third-order valence-corrected chi connectivity index (χ3v) is 9.60. The number of rotatable bonds is 4. The fraction of sp³-hybridized carbons (Fsp3) is 0.552. The van der Waals surface area contributed by atoms with Crippen LogP contribution in [0, 0.1) is 5.82 Å². The molecule has 0 N–H and O–H groups in total. The zero-order valence-electron chi connectivity index (χ0n) is 23.1. The van der Waals surface area contributed by atoms with Crippen molar-refractivity contribution in [2.24, 2.45) is 0 Å². The number of hydrogen-bond acceptors (Lipinski definition) is 7. The molecular weight excluding hydrogens is 601 g/mol. The molecule has 1 aromatic carbocycles. The minimum absolute atomic E-state index is 0.0415. The molecule has 6 rings (SSSR count). The molecule has 2 aromatic rings. The standard InChI is InChI=1S/C29H34BrClFN5O3/c1-16-9-29(10-17(2)12-36(29)11-16)15-39-26-33-24-20(8-21(31)22(30)23(24)32)25(34-26)35-13-18-6-7-19(14-35)37(18)27(38)40-28(3,4)5/h8,18-19H,1-2,6-7,9-15H2,3-5H3/t18-,19+. The molecule has 4 aliphatic rings. The number of nitrogens with zero attached hydrogens (tertiary/aromatic N) is 5. The van der Waals surface area contributed by atoms with Gasteiger partial charge in [-0.1, -0.05) is 35.9 Å². The first-order valence-corrected chi connectivity index (χ1v) is 14.8. The van der Waals surface area contributed by atoms with Gasteiger partial charge >= 0.3 is 12.1 Å². The number of aromatic nitrogens is 2. The summed E-state index contributed by atoms with van der Waals surface area (Å²) in [7, 11) is 0. The van der Waals surface area contributed by atoms with E-state index in [4.69, 9.17) is 26.1 Å². The van der Waals surface area contributed by atoms with Gasteiger partial charge in [0.05, 0.1) is 27.1 Å². The SMILES string of the molecule is C=C1CN2CC(=C)CC2(COc2nc(N3C[C@H]4CC[C@@H](C3)N4C(=O)OC(C)(C)C)c3cc(Cl)c(Br)c(F)c3n2)C1. The Kier molecular flexibility index (Phi) is 6.82. The first-order valence-electron chi connectivity index (χ1n) is 13.7. The first kappa shape index (κ1) is 27.7. The van der Waals surface area contributed by atoms with Crippen molar-refractivity contribution < 1.29 is 18.7 Å². The quantitative estimate of drug-likeness (QED) is 0.297. The maximum absolute atomic E-state index is 15.5. The molecule has 2 bridgehead atoms. The van der Waals surface area contributed by atoms with Gasteiger partial charge in [0.15, 0.2) is 5.82 Å². The topological polar surface area (TPSA) is 71.0 Å². The number of ether oxygens (including phenoxy) is 2. The number of anilines is 1. The summed E-state index contributed by atoms with van der Waals surface area (Å²) in [4.78, 5) is 28.7. The van der Waals surface area contributed by atoms with Crippen LogP contribution >= 0.6 is 27.5 Å². The number of halogens is 3. The van der Waals surface area contributed by atoms with Crippen molar-refractivity contribution in [3.63, 3.8) is 0 Å². The van der Waals surface area contributed by atoms with E-state index in [2.05, 4.69) is 43.9 Å². The minimum Gasteiger partial charge on any atom is -0.461 e. The highest BCUT2D eigenvalue weighted by Crippen LogP contribution is 2.44. The van der Waals surface area contributed by atoms with Crippen molar-refractivity contribution in [3.8, 4) is 6.01 Å². The molecule has 0 saturated carbocycles. The molecule has 214 valence electrons. The Morgan fingerprint density at radius 1 is 1.18 bits per heavy atom. The Bertz CT molecular complexity index is 1390. The van der Waals surface area contributed by atoms with Crippen molar-refractivity contribution in [3.05, 3.63) is 45.7 Å². The number of fused-ring (bicyclic) bond motifs is 4. The summed E-state index contributed by atoms with van der Waals surface area (Å²) in [5, 5.41) is 0.744. The van der Waals surface area contributed by atoms with E-state index in [-0.39, 0.29) is 44.7 Å². The summed E-state index contributed by atoms with van der Waals surface area (Å²) in [5.41, 5.74) is 1.67. The van der Waals surface area contributed by atoms with Crippen molar-refractivity contribution >= 4 is 50.3 Å². The molecule has 2 atom stereocenters. The predicted octanol–water partition coefficient (Wildman–Crippen LogP) is 6.11. The molecule has 4 fully saturated rings. The van der Waals surface area contributed by atoms with Crippen molar-refractivity contribution in [1.29, 1.82) is 0 Å². The van der Waals surface area contributed by atoms with Crippen molar-refractivity contribution in [2.45, 2.75) is 69.7 Å². The average molecular weight is 635 g/mol. The van der Waals surface area contributed by atoms with E-state index in [1.165, 1.54) is 11.1 Å². The molecule has 4 saturated heterocycles. The molecule has 11 heteroatoms. The van der Waals surface area contributed by atoms with Gasteiger partial charge in [-0.25, -0.2) is 9.18 Å². The van der Waals surface area contributed by atoms with Gasteiger partial charge in [-0.05, 0) is 68.5 Å². The van der Waals surface area contributed by atoms with Gasteiger partial charge in [0.2, 0.25) is 0 Å². The van der Waals surface area contributed by atoms with E-state index in [1.54, 1.807) is 6.07 Å². The zero-order chi connectivity index (χ0) is 28.6. The summed E-state index contributed by atoms with van der Waals surface area (Å²) >= 11 is 9.65. The second kappa shape index (κ2) is 9.84. The number of piperazine rings is 1. The third kappa shape index (κ3) is 4.86. The second-order valence-corrected chi connectivity index (χ2v) is 13.8. The third-order valence-electron chi connectivity index (χ3n) is 8.30. The van der Waals surface area contributed by atoms with Crippen molar-refractivity contribution in [2.75, 3.05) is 37.7 Å². The summed E-state index contributed by atoms with van der Waals surface area (Å²) < 4.78 is 27.7. The van der Waals surface area contributed by atoms with Gasteiger partial charge in [-0.3, -0.25) is 9.80 Å². The van der Waals surface area contributed by atoms with E-state index in [1.807, 2.05) is 25.7 Å². The molecular formula is C29H34BrClFN5O3. The molecule has 0 aliphatic carbocycles. The second-order valence-electron chi connectivity index (χ2n) is 12.6. The lowest BCUT2D eigenvalue weighted by molar-refractivity contribution is 0.0122. The zero-order valence-corrected chi connectivity index (χ0v) is 25.4. The number of hydrogen-bond donors (Lipinski definition) is 0. The smallest absolute Gasteiger partial charge is 0.410 e. The highest BCUT2D eigenvalue weighted by atomic mass is 79.9. The maximum Gasteiger partial charge on any atom is 0.410 e. The molecule has 40 heavy (non-hydrogen) atoms. The molecule has 1 amide bonds. The van der Waals surface area contributed by atoms with E-state index in [9.17, 15) is 4.79 Å². The summed E-state index contributed by atoms with van der Waals surface area (Å²) in [5.74, 6) is -0.00954. The van der Waals surface area contributed by atoms with Crippen LogP contribution in [0.2, 0.25) is 5.02 Å². The number of carbonyl (C=O) groups excluding carboxylic acids is 1. The Labute approximate surface area is 247 Å². The maximum atomic E-state index is 15.5. The van der Waals surface area contributed by atoms with Crippen LogP contribution in [0.5, 0.6) is 6.01 Å². The molecule has 8 nitrogen and oxygen atoms in total. The Morgan fingerprint density at radius 2 is 1.80 bits per heavy atom. The lowest BCUT2D eigenvalue weighted by Crippen LogP contribution is -2.57. The Balaban J connectivity index is 1.33. The average Bonchev–Trinajstić information content (AvgIpc) is 3.43. The van der Waals surface area contributed by atoms with Crippen LogP contribution in [0.1, 0.15) is 46.5 Å². The number of amides is 1. The first-order chi connectivity index (χ1) is 18.8. The van der Waals surface area contributed by atoms with Gasteiger partial charge in [-0.15, -0.1) is 0 Å². The lowest BCUT2D eigenvalue weighted by atomic mass is 9.92. The van der Waals surface area contributed by atoms with Crippen LogP contribution in [0.15, 0.2) is 34.8 Å². The predicted molar refractivity (Wildman–Crippen MR) is 157 cm³/mol. The fourth-order valence-electron chi connectivity index (χ4n) is 6.78.